The van der Waals surface area contributed by atoms with Crippen LogP contribution < -0.4 is 21.3 Å². The zero-order chi connectivity index (χ0) is 31.0. The van der Waals surface area contributed by atoms with Gasteiger partial charge in [0.25, 0.3) is 5.91 Å². The number of alkyl carbamates (subject to hydrolysis) is 2. The molecular weight excluding hydrogens is 532 g/mol. The maximum atomic E-state index is 13.2. The van der Waals surface area contributed by atoms with Gasteiger partial charge in [0.1, 0.15) is 23.7 Å². The van der Waals surface area contributed by atoms with Gasteiger partial charge in [0.15, 0.2) is 0 Å². The number of rotatable bonds is 16. The van der Waals surface area contributed by atoms with E-state index in [1.165, 1.54) is 0 Å². The highest BCUT2D eigenvalue weighted by Gasteiger charge is 2.31. The van der Waals surface area contributed by atoms with Gasteiger partial charge in [0.05, 0.1) is 7.11 Å². The van der Waals surface area contributed by atoms with Crippen LogP contribution in [0.2, 0.25) is 0 Å². The van der Waals surface area contributed by atoms with Crippen LogP contribution in [-0.4, -0.2) is 82.9 Å². The maximum Gasteiger partial charge on any atom is 0.413 e. The molecule has 0 rings (SSSR count). The van der Waals surface area contributed by atoms with Crippen LogP contribution in [0.1, 0.15) is 79.6 Å². The summed E-state index contributed by atoms with van der Waals surface area (Å²) < 4.78 is 9.59. The van der Waals surface area contributed by atoms with Crippen LogP contribution in [0, 0.1) is 5.92 Å². The summed E-state index contributed by atoms with van der Waals surface area (Å²) >= 11 is 0. The third-order valence-corrected chi connectivity index (χ3v) is 5.16. The van der Waals surface area contributed by atoms with E-state index in [-0.39, 0.29) is 50.9 Å². The second kappa shape index (κ2) is 17.6. The number of carbonyl (C=O) groups is 7. The quantitative estimate of drug-likeness (QED) is 0.154. The van der Waals surface area contributed by atoms with Crippen LogP contribution in [0.5, 0.6) is 0 Å². The standard InChI is InChI=1S/C25H42N4O11/c1-14(2)13-17(22(36)29-23(37)39-6)27-20(34)15(9-7-11-18(30)31)26-21(35)16(10-8-12-19(32)33)28-24(38)40-25(3,4)5/h14-17H,7-13H2,1-6H3,(H,26,35)(H,27,34)(H,28,38)(H,30,31)(H,32,33)(H,29,36,37)/t15-,16?,17-/m0/s1. The number of carboxylic acids is 2. The number of nitrogens with one attached hydrogen (secondary N) is 4. The molecule has 0 heterocycles. The van der Waals surface area contributed by atoms with Crippen molar-refractivity contribution in [2.75, 3.05) is 7.11 Å². The highest BCUT2D eigenvalue weighted by Crippen LogP contribution is 2.11. The van der Waals surface area contributed by atoms with Crippen molar-refractivity contribution in [1.29, 1.82) is 0 Å². The Hall–Kier alpha value is -3.91. The number of amides is 5. The first-order chi connectivity index (χ1) is 18.4. The Morgan fingerprint density at radius 3 is 1.55 bits per heavy atom. The third-order valence-electron chi connectivity index (χ3n) is 5.16. The molecule has 5 amide bonds. The zero-order valence-electron chi connectivity index (χ0n) is 23.8. The number of ether oxygens (including phenoxy) is 2. The molecule has 0 spiro atoms. The molecule has 15 nitrogen and oxygen atoms in total. The predicted octanol–water partition coefficient (Wildman–Crippen LogP) is 1.29. The summed E-state index contributed by atoms with van der Waals surface area (Å²) in [6.07, 6.45) is -2.66. The van der Waals surface area contributed by atoms with Crippen LogP contribution in [0.15, 0.2) is 0 Å². The summed E-state index contributed by atoms with van der Waals surface area (Å²) in [6, 6.07) is -3.79. The van der Waals surface area contributed by atoms with Crippen LogP contribution in [-0.2, 0) is 33.4 Å². The Labute approximate surface area is 233 Å². The summed E-state index contributed by atoms with van der Waals surface area (Å²) in [6.45, 7) is 8.39. The Morgan fingerprint density at radius 2 is 1.15 bits per heavy atom. The number of methoxy groups -OCH3 is 1. The maximum absolute atomic E-state index is 13.2. The van der Waals surface area contributed by atoms with Gasteiger partial charge in [-0.15, -0.1) is 0 Å². The van der Waals surface area contributed by atoms with Gasteiger partial charge in [-0.1, -0.05) is 13.8 Å². The lowest BCUT2D eigenvalue weighted by Gasteiger charge is -2.26. The van der Waals surface area contributed by atoms with Crippen molar-refractivity contribution in [2.45, 2.75) is 103 Å². The summed E-state index contributed by atoms with van der Waals surface area (Å²) in [4.78, 5) is 84.7. The molecular formula is C25H42N4O11. The normalized spacial score (nSPS) is 13.3. The molecule has 0 aromatic heterocycles. The lowest BCUT2D eigenvalue weighted by Crippen LogP contribution is -2.57. The van der Waals surface area contributed by atoms with Gasteiger partial charge in [-0.3, -0.25) is 29.3 Å². The Balaban J connectivity index is 5.86. The molecule has 0 aliphatic rings. The Morgan fingerprint density at radius 1 is 0.700 bits per heavy atom. The number of carbonyl (C=O) groups excluding carboxylic acids is 5. The monoisotopic (exact) mass is 574 g/mol. The molecule has 0 saturated carbocycles. The minimum atomic E-state index is -1.32. The number of hydrogen-bond acceptors (Lipinski definition) is 9. The minimum absolute atomic E-state index is 0.0138. The molecule has 0 aromatic rings. The van der Waals surface area contributed by atoms with E-state index in [1.807, 2.05) is 5.32 Å². The van der Waals surface area contributed by atoms with Crippen LogP contribution in [0.25, 0.3) is 0 Å². The number of hydrogen-bond donors (Lipinski definition) is 6. The summed E-state index contributed by atoms with van der Waals surface area (Å²) in [7, 11) is 1.06. The van der Waals surface area contributed by atoms with Crippen molar-refractivity contribution in [2.24, 2.45) is 5.92 Å². The second-order valence-corrected chi connectivity index (χ2v) is 10.5. The van der Waals surface area contributed by atoms with Gasteiger partial charge in [0, 0.05) is 12.8 Å². The fraction of sp³-hybridized carbons (Fsp3) is 0.720. The molecule has 0 aliphatic carbocycles. The molecule has 0 aromatic carbocycles. The lowest BCUT2D eigenvalue weighted by molar-refractivity contribution is -0.138. The lowest BCUT2D eigenvalue weighted by atomic mass is 10.0. The predicted molar refractivity (Wildman–Crippen MR) is 140 cm³/mol. The molecule has 15 heteroatoms. The van der Waals surface area contributed by atoms with Gasteiger partial charge in [-0.2, -0.15) is 0 Å². The minimum Gasteiger partial charge on any atom is -0.481 e. The van der Waals surface area contributed by atoms with Gasteiger partial charge >= 0.3 is 24.1 Å². The molecule has 3 atom stereocenters. The average Bonchev–Trinajstić information content (AvgIpc) is 2.80. The van der Waals surface area contributed by atoms with Crippen LogP contribution in [0.4, 0.5) is 9.59 Å². The second-order valence-electron chi connectivity index (χ2n) is 10.5. The largest absolute Gasteiger partial charge is 0.481 e. The third kappa shape index (κ3) is 16.8. The zero-order valence-corrected chi connectivity index (χ0v) is 23.8. The van der Waals surface area contributed by atoms with Crippen molar-refractivity contribution >= 4 is 41.8 Å². The molecule has 40 heavy (non-hydrogen) atoms. The van der Waals surface area contributed by atoms with E-state index in [9.17, 15) is 33.6 Å². The van der Waals surface area contributed by atoms with Gasteiger partial charge in [0.2, 0.25) is 11.8 Å². The van der Waals surface area contributed by atoms with E-state index in [1.54, 1.807) is 34.6 Å². The van der Waals surface area contributed by atoms with E-state index in [0.717, 1.165) is 7.11 Å². The smallest absolute Gasteiger partial charge is 0.413 e. The first-order valence-corrected chi connectivity index (χ1v) is 12.9. The van der Waals surface area contributed by atoms with E-state index in [4.69, 9.17) is 14.9 Å². The van der Waals surface area contributed by atoms with E-state index in [2.05, 4.69) is 20.7 Å². The molecule has 1 unspecified atom stereocenters. The first kappa shape index (κ1) is 36.1. The highest BCUT2D eigenvalue weighted by atomic mass is 16.6. The molecule has 0 bridgehead atoms. The molecule has 0 aliphatic heterocycles. The molecule has 228 valence electrons. The first-order valence-electron chi connectivity index (χ1n) is 12.9. The van der Waals surface area contributed by atoms with Gasteiger partial charge < -0.3 is 35.6 Å². The SMILES string of the molecule is COC(=O)NC(=O)[C@H](CC(C)C)NC(=O)[C@H](CCCC(=O)O)NC(=O)C(CCCC(=O)O)NC(=O)OC(C)(C)C. The van der Waals surface area contributed by atoms with Crippen molar-refractivity contribution < 1.29 is 53.2 Å². The average molecular weight is 575 g/mol. The topological polar surface area (TPSA) is 227 Å². The summed E-state index contributed by atoms with van der Waals surface area (Å²) in [5.74, 6) is -4.84. The molecule has 6 N–H and O–H groups in total. The Kier molecular flexibility index (Phi) is 15.9. The van der Waals surface area contributed by atoms with Crippen LogP contribution >= 0.6 is 0 Å². The van der Waals surface area contributed by atoms with Crippen LogP contribution in [0.3, 0.4) is 0 Å². The van der Waals surface area contributed by atoms with Crippen molar-refractivity contribution in [3.8, 4) is 0 Å². The Bertz CT molecular complexity index is 915. The van der Waals surface area contributed by atoms with E-state index >= 15 is 0 Å². The van der Waals surface area contributed by atoms with Crippen molar-refractivity contribution in [3.63, 3.8) is 0 Å². The summed E-state index contributed by atoms with van der Waals surface area (Å²) in [5, 5.41) is 27.2. The fourth-order valence-electron chi connectivity index (χ4n) is 3.39. The molecule has 0 fully saturated rings. The number of imide groups is 1. The molecule has 0 radical (unpaired) electrons. The number of aliphatic carboxylic acids is 2. The van der Waals surface area contributed by atoms with Gasteiger partial charge in [-0.05, 0) is 58.8 Å². The van der Waals surface area contributed by atoms with Crippen molar-refractivity contribution in [3.05, 3.63) is 0 Å². The van der Waals surface area contributed by atoms with E-state index < -0.39 is 65.6 Å². The van der Waals surface area contributed by atoms with Gasteiger partial charge in [-0.25, -0.2) is 9.59 Å². The molecule has 0 saturated heterocycles. The summed E-state index contributed by atoms with van der Waals surface area (Å²) in [5.41, 5.74) is -0.887. The van der Waals surface area contributed by atoms with E-state index in [0.29, 0.717) is 0 Å². The fourth-order valence-corrected chi connectivity index (χ4v) is 3.39. The number of carboxylic acid groups (broad SMARTS) is 2. The highest BCUT2D eigenvalue weighted by molar-refractivity contribution is 5.98. The van der Waals surface area contributed by atoms with Crippen molar-refractivity contribution in [1.82, 2.24) is 21.3 Å².